The lowest BCUT2D eigenvalue weighted by molar-refractivity contribution is -0.159. The van der Waals surface area contributed by atoms with Crippen LogP contribution < -0.4 is 4.90 Å². The zero-order valence-electron chi connectivity index (χ0n) is 18.5. The molecule has 0 aromatic heterocycles. The van der Waals surface area contributed by atoms with Gasteiger partial charge in [-0.05, 0) is 38.1 Å². The zero-order valence-corrected chi connectivity index (χ0v) is 18.5. The summed E-state index contributed by atoms with van der Waals surface area (Å²) in [5.41, 5.74) is 0.744. The van der Waals surface area contributed by atoms with Crippen LogP contribution in [0.15, 0.2) is 42.5 Å². The van der Waals surface area contributed by atoms with Gasteiger partial charge in [-0.15, -0.1) is 0 Å². The minimum absolute atomic E-state index is 0.290. The van der Waals surface area contributed by atoms with Crippen molar-refractivity contribution >= 4 is 40.2 Å². The molecule has 2 fully saturated rings. The number of benzene rings is 2. The summed E-state index contributed by atoms with van der Waals surface area (Å²) in [5, 5.41) is 1.94. The Hall–Kier alpha value is -3.22. The molecule has 7 nitrogen and oxygen atoms in total. The average molecular weight is 437 g/mol. The summed E-state index contributed by atoms with van der Waals surface area (Å²) in [6, 6.07) is 12.4. The van der Waals surface area contributed by atoms with Crippen LogP contribution in [0, 0.1) is 11.8 Å². The SMILES string of the molecule is CCN(C(=O)COC(=O)C(C)N1C(=O)C2CCCCC2C1=O)c1cccc2ccccc12. The number of imide groups is 1. The molecule has 3 atom stereocenters. The van der Waals surface area contributed by atoms with Crippen LogP contribution in [-0.4, -0.2) is 47.8 Å². The molecular weight excluding hydrogens is 408 g/mol. The smallest absolute Gasteiger partial charge is 0.329 e. The highest BCUT2D eigenvalue weighted by atomic mass is 16.5. The number of likely N-dealkylation sites (N-methyl/N-ethyl adjacent to an activating group) is 1. The van der Waals surface area contributed by atoms with E-state index in [1.165, 1.54) is 6.92 Å². The molecule has 32 heavy (non-hydrogen) atoms. The fraction of sp³-hybridized carbons (Fsp3) is 0.440. The van der Waals surface area contributed by atoms with E-state index in [1.54, 1.807) is 4.90 Å². The summed E-state index contributed by atoms with van der Waals surface area (Å²) in [5.74, 6) is -2.34. The second-order valence-corrected chi connectivity index (χ2v) is 8.46. The number of hydrogen-bond donors (Lipinski definition) is 0. The predicted octanol–water partition coefficient (Wildman–Crippen LogP) is 3.30. The Balaban J connectivity index is 1.43. The largest absolute Gasteiger partial charge is 0.454 e. The fourth-order valence-corrected chi connectivity index (χ4v) is 4.93. The summed E-state index contributed by atoms with van der Waals surface area (Å²) >= 11 is 0. The van der Waals surface area contributed by atoms with E-state index in [-0.39, 0.29) is 29.6 Å². The molecule has 168 valence electrons. The quantitative estimate of drug-likeness (QED) is 0.513. The molecule has 1 aliphatic carbocycles. The Morgan fingerprint density at radius 3 is 2.31 bits per heavy atom. The number of hydrogen-bond acceptors (Lipinski definition) is 5. The van der Waals surface area contributed by atoms with Crippen LogP contribution >= 0.6 is 0 Å². The van der Waals surface area contributed by atoms with Gasteiger partial charge in [0.25, 0.3) is 5.91 Å². The van der Waals surface area contributed by atoms with Crippen LogP contribution in [0.3, 0.4) is 0 Å². The molecule has 1 saturated carbocycles. The maximum atomic E-state index is 12.9. The summed E-state index contributed by atoms with van der Waals surface area (Å²) in [4.78, 5) is 53.6. The first-order valence-electron chi connectivity index (χ1n) is 11.3. The molecule has 0 radical (unpaired) electrons. The summed E-state index contributed by atoms with van der Waals surface area (Å²) < 4.78 is 5.27. The number of anilines is 1. The first-order valence-corrected chi connectivity index (χ1v) is 11.3. The Morgan fingerprint density at radius 2 is 1.66 bits per heavy atom. The van der Waals surface area contributed by atoms with Gasteiger partial charge in [-0.25, -0.2) is 4.79 Å². The van der Waals surface area contributed by atoms with Crippen molar-refractivity contribution in [3.63, 3.8) is 0 Å². The van der Waals surface area contributed by atoms with Crippen LogP contribution in [-0.2, 0) is 23.9 Å². The molecule has 1 heterocycles. The minimum Gasteiger partial charge on any atom is -0.454 e. The molecule has 1 aliphatic heterocycles. The highest BCUT2D eigenvalue weighted by Crippen LogP contribution is 2.39. The number of amides is 3. The number of ether oxygens (including phenoxy) is 1. The molecule has 3 amide bonds. The molecule has 4 rings (SSSR count). The van der Waals surface area contributed by atoms with E-state index in [2.05, 4.69) is 0 Å². The summed E-state index contributed by atoms with van der Waals surface area (Å²) in [7, 11) is 0. The summed E-state index contributed by atoms with van der Waals surface area (Å²) in [6.45, 7) is 3.30. The maximum absolute atomic E-state index is 12.9. The van der Waals surface area contributed by atoms with Crippen LogP contribution in [0.5, 0.6) is 0 Å². The van der Waals surface area contributed by atoms with Gasteiger partial charge in [-0.3, -0.25) is 19.3 Å². The van der Waals surface area contributed by atoms with Gasteiger partial charge in [-0.2, -0.15) is 0 Å². The van der Waals surface area contributed by atoms with Crippen molar-refractivity contribution in [1.82, 2.24) is 4.90 Å². The minimum atomic E-state index is -1.04. The van der Waals surface area contributed by atoms with Gasteiger partial charge in [-0.1, -0.05) is 49.2 Å². The van der Waals surface area contributed by atoms with Gasteiger partial charge in [0, 0.05) is 11.9 Å². The number of likely N-dealkylation sites (tertiary alicyclic amines) is 1. The second-order valence-electron chi connectivity index (χ2n) is 8.46. The van der Waals surface area contributed by atoms with Gasteiger partial charge in [0.2, 0.25) is 11.8 Å². The van der Waals surface area contributed by atoms with Crippen LogP contribution in [0.1, 0.15) is 39.5 Å². The van der Waals surface area contributed by atoms with Crippen LogP contribution in [0.2, 0.25) is 0 Å². The van der Waals surface area contributed by atoms with E-state index < -0.39 is 18.6 Å². The van der Waals surface area contributed by atoms with Crippen LogP contribution in [0.25, 0.3) is 10.8 Å². The Bertz CT molecular complexity index is 1040. The number of carbonyl (C=O) groups excluding carboxylic acids is 4. The van der Waals surface area contributed by atoms with Crippen molar-refractivity contribution in [2.45, 2.75) is 45.6 Å². The molecule has 2 aliphatic rings. The third kappa shape index (κ3) is 3.87. The van der Waals surface area contributed by atoms with Crippen molar-refractivity contribution in [3.8, 4) is 0 Å². The lowest BCUT2D eigenvalue weighted by Gasteiger charge is -2.24. The van der Waals surface area contributed by atoms with Gasteiger partial charge < -0.3 is 9.64 Å². The fourth-order valence-electron chi connectivity index (χ4n) is 4.93. The molecule has 2 aromatic rings. The number of carbonyl (C=O) groups is 4. The predicted molar refractivity (Wildman–Crippen MR) is 120 cm³/mol. The van der Waals surface area contributed by atoms with E-state index in [1.807, 2.05) is 49.4 Å². The number of nitrogens with zero attached hydrogens (tertiary/aromatic N) is 2. The first-order chi connectivity index (χ1) is 15.4. The van der Waals surface area contributed by atoms with E-state index in [0.29, 0.717) is 19.4 Å². The highest BCUT2D eigenvalue weighted by molar-refractivity contribution is 6.08. The average Bonchev–Trinajstić information content (AvgIpc) is 3.07. The molecular formula is C25H28N2O5. The second kappa shape index (κ2) is 9.10. The van der Waals surface area contributed by atoms with Crippen LogP contribution in [0.4, 0.5) is 5.69 Å². The molecule has 1 saturated heterocycles. The number of fused-ring (bicyclic) bond motifs is 2. The maximum Gasteiger partial charge on any atom is 0.329 e. The molecule has 0 bridgehead atoms. The normalized spacial score (nSPS) is 21.4. The Morgan fingerprint density at radius 1 is 1.03 bits per heavy atom. The van der Waals surface area contributed by atoms with E-state index in [9.17, 15) is 19.2 Å². The van der Waals surface area contributed by atoms with Crippen molar-refractivity contribution in [3.05, 3.63) is 42.5 Å². The van der Waals surface area contributed by atoms with E-state index in [4.69, 9.17) is 4.74 Å². The van der Waals surface area contributed by atoms with Crippen molar-refractivity contribution in [2.75, 3.05) is 18.1 Å². The van der Waals surface area contributed by atoms with Gasteiger partial charge in [0.05, 0.1) is 17.5 Å². The lowest BCUT2D eigenvalue weighted by Crippen LogP contribution is -2.45. The number of esters is 1. The van der Waals surface area contributed by atoms with E-state index in [0.717, 1.165) is 34.2 Å². The molecule has 7 heteroatoms. The molecule has 3 unspecified atom stereocenters. The van der Waals surface area contributed by atoms with Crippen molar-refractivity contribution in [1.29, 1.82) is 0 Å². The lowest BCUT2D eigenvalue weighted by atomic mass is 9.81. The Labute approximate surface area is 187 Å². The summed E-state index contributed by atoms with van der Waals surface area (Å²) in [6.07, 6.45) is 3.20. The van der Waals surface area contributed by atoms with Gasteiger partial charge in [0.15, 0.2) is 6.61 Å². The standard InChI is InChI=1S/C25H28N2O5/c1-3-26(21-14-8-10-17-9-4-5-11-18(17)21)22(28)15-32-25(31)16(2)27-23(29)19-12-6-7-13-20(19)24(27)30/h4-5,8-11,14,16,19-20H,3,6-7,12-13,15H2,1-2H3. The Kier molecular flexibility index (Phi) is 6.26. The zero-order chi connectivity index (χ0) is 22.8. The van der Waals surface area contributed by atoms with Crippen molar-refractivity contribution < 1.29 is 23.9 Å². The van der Waals surface area contributed by atoms with Gasteiger partial charge in [0.1, 0.15) is 6.04 Å². The third-order valence-electron chi connectivity index (χ3n) is 6.62. The number of rotatable bonds is 6. The highest BCUT2D eigenvalue weighted by Gasteiger charge is 2.51. The third-order valence-corrected chi connectivity index (χ3v) is 6.62. The monoisotopic (exact) mass is 436 g/mol. The molecule has 0 spiro atoms. The van der Waals surface area contributed by atoms with Crippen molar-refractivity contribution in [2.24, 2.45) is 11.8 Å². The molecule has 2 aromatic carbocycles. The topological polar surface area (TPSA) is 84.0 Å². The molecule has 0 N–H and O–H groups in total. The van der Waals surface area contributed by atoms with E-state index >= 15 is 0 Å². The van der Waals surface area contributed by atoms with Gasteiger partial charge >= 0.3 is 5.97 Å². The first kappa shape index (κ1) is 22.0.